The zero-order chi connectivity index (χ0) is 12.2. The second-order valence-electron chi connectivity index (χ2n) is 2.74. The number of amides is 1. The Morgan fingerprint density at radius 3 is 2.81 bits per heavy atom. The molecule has 16 heavy (non-hydrogen) atoms. The van der Waals surface area contributed by atoms with E-state index in [1.54, 1.807) is 6.92 Å². The number of alkyl halides is 3. The van der Waals surface area contributed by atoms with Crippen LogP contribution in [0.3, 0.4) is 0 Å². The van der Waals surface area contributed by atoms with Gasteiger partial charge in [0.2, 0.25) is 11.9 Å². The molecule has 0 saturated carbocycles. The Morgan fingerprint density at radius 2 is 2.25 bits per heavy atom. The summed E-state index contributed by atoms with van der Waals surface area (Å²) >= 11 is 0. The van der Waals surface area contributed by atoms with Gasteiger partial charge in [-0.1, -0.05) is 0 Å². The van der Waals surface area contributed by atoms with Crippen molar-refractivity contribution >= 4 is 11.9 Å². The third-order valence-electron chi connectivity index (χ3n) is 1.36. The first-order valence-electron chi connectivity index (χ1n) is 4.32. The second kappa shape index (κ2) is 4.81. The maximum absolute atomic E-state index is 11.8. The molecular weight excluding hydrogens is 229 g/mol. The van der Waals surface area contributed by atoms with E-state index in [9.17, 15) is 18.0 Å². The van der Waals surface area contributed by atoms with Crippen LogP contribution in [-0.4, -0.2) is 33.9 Å². The van der Waals surface area contributed by atoms with Crippen LogP contribution in [0.1, 0.15) is 13.3 Å². The summed E-state index contributed by atoms with van der Waals surface area (Å²) in [5.41, 5.74) is 0. The summed E-state index contributed by atoms with van der Waals surface area (Å²) < 4.78 is 40.3. The quantitative estimate of drug-likeness (QED) is 0.822. The maximum atomic E-state index is 11.8. The molecule has 90 valence electrons. The molecule has 1 heterocycles. The minimum atomic E-state index is -4.55. The van der Waals surface area contributed by atoms with Crippen molar-refractivity contribution in [1.29, 1.82) is 0 Å². The summed E-state index contributed by atoms with van der Waals surface area (Å²) in [4.78, 5) is 14.4. The Hall–Kier alpha value is -1.80. The zero-order valence-corrected chi connectivity index (χ0v) is 8.26. The van der Waals surface area contributed by atoms with Crippen LogP contribution in [0.25, 0.3) is 0 Å². The average Bonchev–Trinajstić information content (AvgIpc) is 2.49. The number of H-pyrrole nitrogens is 1. The lowest BCUT2D eigenvalue weighted by Gasteiger charge is -2.04. The molecule has 9 heteroatoms. The normalized spacial score (nSPS) is 11.2. The number of carbonyl (C=O) groups excluding carboxylic acids is 1. The van der Waals surface area contributed by atoms with E-state index in [0.29, 0.717) is 6.61 Å². The summed E-state index contributed by atoms with van der Waals surface area (Å²) in [5.74, 6) is -1.40. The van der Waals surface area contributed by atoms with Gasteiger partial charge in [-0.3, -0.25) is 10.1 Å². The Labute approximate surface area is 88.2 Å². The largest absolute Gasteiger partial charge is 0.463 e. The van der Waals surface area contributed by atoms with Crippen molar-refractivity contribution in [3.8, 4) is 6.01 Å². The van der Waals surface area contributed by atoms with Gasteiger partial charge >= 0.3 is 12.2 Å². The SMILES string of the molecule is CCOc1n[nH]c(NC(=O)CC(F)(F)F)n1. The maximum Gasteiger partial charge on any atom is 0.397 e. The van der Waals surface area contributed by atoms with Crippen LogP contribution in [-0.2, 0) is 4.79 Å². The molecule has 0 aliphatic heterocycles. The number of ether oxygens (including phenoxy) is 1. The summed E-state index contributed by atoms with van der Waals surface area (Å²) in [7, 11) is 0. The highest BCUT2D eigenvalue weighted by Gasteiger charge is 2.31. The van der Waals surface area contributed by atoms with Crippen LogP contribution in [0, 0.1) is 0 Å². The fraction of sp³-hybridized carbons (Fsp3) is 0.571. The molecule has 0 aliphatic rings. The molecule has 1 aromatic rings. The van der Waals surface area contributed by atoms with Crippen LogP contribution >= 0.6 is 0 Å². The van der Waals surface area contributed by atoms with Gasteiger partial charge in [0.1, 0.15) is 6.42 Å². The molecule has 6 nitrogen and oxygen atoms in total. The topological polar surface area (TPSA) is 79.9 Å². The van der Waals surface area contributed by atoms with Crippen LogP contribution in [0.2, 0.25) is 0 Å². The number of halogens is 3. The Kier molecular flexibility index (Phi) is 3.69. The van der Waals surface area contributed by atoms with Crippen molar-refractivity contribution in [1.82, 2.24) is 15.2 Å². The molecule has 1 amide bonds. The minimum Gasteiger partial charge on any atom is -0.463 e. The number of hydrogen-bond acceptors (Lipinski definition) is 4. The highest BCUT2D eigenvalue weighted by molar-refractivity contribution is 5.89. The lowest BCUT2D eigenvalue weighted by Crippen LogP contribution is -2.21. The molecule has 1 aromatic heterocycles. The number of anilines is 1. The van der Waals surface area contributed by atoms with E-state index < -0.39 is 18.5 Å². The predicted octanol–water partition coefficient (Wildman–Crippen LogP) is 1.09. The van der Waals surface area contributed by atoms with Crippen LogP contribution < -0.4 is 10.1 Å². The monoisotopic (exact) mass is 238 g/mol. The van der Waals surface area contributed by atoms with Crippen LogP contribution in [0.5, 0.6) is 6.01 Å². The molecule has 0 aliphatic carbocycles. The first-order valence-corrected chi connectivity index (χ1v) is 4.32. The smallest absolute Gasteiger partial charge is 0.397 e. The minimum absolute atomic E-state index is 0.0372. The number of nitrogens with zero attached hydrogens (tertiary/aromatic N) is 2. The van der Waals surface area contributed by atoms with E-state index in [-0.39, 0.29) is 12.0 Å². The molecule has 0 radical (unpaired) electrons. The Morgan fingerprint density at radius 1 is 1.56 bits per heavy atom. The fourth-order valence-electron chi connectivity index (χ4n) is 0.854. The molecule has 1 rings (SSSR count). The van der Waals surface area contributed by atoms with Crippen molar-refractivity contribution in [2.45, 2.75) is 19.5 Å². The summed E-state index contributed by atoms with van der Waals surface area (Å²) in [6.45, 7) is 2.01. The first kappa shape index (κ1) is 12.3. The molecule has 2 N–H and O–H groups in total. The van der Waals surface area contributed by atoms with Gasteiger partial charge in [0.15, 0.2) is 0 Å². The number of nitrogens with one attached hydrogen (secondary N) is 2. The lowest BCUT2D eigenvalue weighted by molar-refractivity contribution is -0.150. The highest BCUT2D eigenvalue weighted by Crippen LogP contribution is 2.19. The van der Waals surface area contributed by atoms with Gasteiger partial charge in [0.05, 0.1) is 6.61 Å². The standard InChI is InChI=1S/C7H9F3N4O2/c1-2-16-6-12-5(13-14-6)11-4(15)3-7(8,9)10/h2-3H2,1H3,(H2,11,12,13,14,15). The molecule has 0 spiro atoms. The molecule has 0 bridgehead atoms. The second-order valence-corrected chi connectivity index (χ2v) is 2.74. The molecule has 0 atom stereocenters. The van der Waals surface area contributed by atoms with Crippen molar-refractivity contribution < 1.29 is 22.7 Å². The first-order chi connectivity index (χ1) is 7.40. The number of aromatic nitrogens is 3. The van der Waals surface area contributed by atoms with Crippen molar-refractivity contribution in [2.75, 3.05) is 11.9 Å². The zero-order valence-electron chi connectivity index (χ0n) is 8.26. The summed E-state index contributed by atoms with van der Waals surface area (Å²) in [6.07, 6.45) is -6.12. The van der Waals surface area contributed by atoms with Gasteiger partial charge in [0, 0.05) is 0 Å². The molecule has 0 aromatic carbocycles. The van der Waals surface area contributed by atoms with Gasteiger partial charge in [-0.2, -0.15) is 18.2 Å². The summed E-state index contributed by atoms with van der Waals surface area (Å²) in [6, 6.07) is -0.0372. The summed E-state index contributed by atoms with van der Waals surface area (Å²) in [5, 5.41) is 7.63. The van der Waals surface area contributed by atoms with Gasteiger partial charge in [-0.25, -0.2) is 5.10 Å². The average molecular weight is 238 g/mol. The van der Waals surface area contributed by atoms with E-state index in [1.165, 1.54) is 0 Å². The van der Waals surface area contributed by atoms with Gasteiger partial charge in [-0.15, -0.1) is 5.10 Å². The van der Waals surface area contributed by atoms with Gasteiger partial charge < -0.3 is 4.74 Å². The van der Waals surface area contributed by atoms with E-state index in [4.69, 9.17) is 4.74 Å². The lowest BCUT2D eigenvalue weighted by atomic mass is 10.4. The van der Waals surface area contributed by atoms with Crippen molar-refractivity contribution in [3.05, 3.63) is 0 Å². The number of aromatic amines is 1. The number of hydrogen-bond donors (Lipinski definition) is 2. The molecule has 0 fully saturated rings. The molecule has 0 saturated heterocycles. The van der Waals surface area contributed by atoms with Crippen molar-refractivity contribution in [2.24, 2.45) is 0 Å². The molecule has 0 unspecified atom stereocenters. The number of carbonyl (C=O) groups is 1. The van der Waals surface area contributed by atoms with E-state index in [1.807, 2.05) is 5.32 Å². The highest BCUT2D eigenvalue weighted by atomic mass is 19.4. The van der Waals surface area contributed by atoms with Crippen LogP contribution in [0.15, 0.2) is 0 Å². The Balaban J connectivity index is 2.50. The third-order valence-corrected chi connectivity index (χ3v) is 1.36. The molecular formula is C7H9F3N4O2. The van der Waals surface area contributed by atoms with E-state index >= 15 is 0 Å². The van der Waals surface area contributed by atoms with E-state index in [0.717, 1.165) is 0 Å². The van der Waals surface area contributed by atoms with Crippen molar-refractivity contribution in [3.63, 3.8) is 0 Å². The predicted molar refractivity (Wildman–Crippen MR) is 46.9 cm³/mol. The fourth-order valence-corrected chi connectivity index (χ4v) is 0.854. The van der Waals surface area contributed by atoms with Crippen LogP contribution in [0.4, 0.5) is 19.1 Å². The van der Waals surface area contributed by atoms with Gasteiger partial charge in [-0.05, 0) is 6.92 Å². The van der Waals surface area contributed by atoms with E-state index in [2.05, 4.69) is 15.2 Å². The third kappa shape index (κ3) is 4.15. The number of rotatable bonds is 4. The Bertz CT molecular complexity index is 363. The van der Waals surface area contributed by atoms with Gasteiger partial charge in [0.25, 0.3) is 0 Å².